The maximum atomic E-state index is 5.24. The van der Waals surface area contributed by atoms with Gasteiger partial charge in [-0.3, -0.25) is 9.97 Å². The summed E-state index contributed by atoms with van der Waals surface area (Å²) in [6.07, 6.45) is 9.99. The van der Waals surface area contributed by atoms with E-state index in [1.807, 2.05) is 54.9 Å². The summed E-state index contributed by atoms with van der Waals surface area (Å²) in [5.41, 5.74) is 16.0. The van der Waals surface area contributed by atoms with Crippen molar-refractivity contribution in [2.24, 2.45) is 0 Å². The first-order chi connectivity index (χ1) is 25.3. The van der Waals surface area contributed by atoms with E-state index in [0.29, 0.717) is 5.82 Å². The molecular formula is C47H30N4. The molecule has 0 N–H and O–H groups in total. The standard InChI is InChI=1S/C47H30N4/c1-2-12-33(13-3-1)44-28-45(51-46(50-44)36-24-25-43(49-30-36)35-14-10-26-48-29-35)34-23-22-32-21-20-31-11-4-7-17-39(31)47(42(32)27-34)40-18-8-5-15-37(40)38-16-6-9-19-41(38)47/h1-30H. The largest absolute Gasteiger partial charge is 0.264 e. The second kappa shape index (κ2) is 11.7. The Morgan fingerprint density at radius 3 is 1.73 bits per heavy atom. The third-order valence-electron chi connectivity index (χ3n) is 10.3. The number of nitrogens with zero attached hydrogens (tertiary/aromatic N) is 4. The van der Waals surface area contributed by atoms with Crippen LogP contribution in [0.1, 0.15) is 33.4 Å². The van der Waals surface area contributed by atoms with Crippen molar-refractivity contribution in [2.45, 2.75) is 5.41 Å². The third kappa shape index (κ3) is 4.61. The Balaban J connectivity index is 1.20. The molecule has 0 bridgehead atoms. The second-order valence-corrected chi connectivity index (χ2v) is 13.1. The van der Waals surface area contributed by atoms with Crippen molar-refractivity contribution in [3.63, 3.8) is 0 Å². The van der Waals surface area contributed by atoms with Crippen LogP contribution in [0.15, 0.2) is 170 Å². The summed E-state index contributed by atoms with van der Waals surface area (Å²) in [6.45, 7) is 0. The first-order valence-corrected chi connectivity index (χ1v) is 17.2. The van der Waals surface area contributed by atoms with Crippen LogP contribution >= 0.6 is 0 Å². The Bertz CT molecular complexity index is 2580. The first-order valence-electron chi connectivity index (χ1n) is 17.2. The topological polar surface area (TPSA) is 51.6 Å². The molecule has 51 heavy (non-hydrogen) atoms. The molecule has 2 aliphatic rings. The van der Waals surface area contributed by atoms with Gasteiger partial charge in [0.2, 0.25) is 0 Å². The smallest absolute Gasteiger partial charge is 0.161 e. The maximum absolute atomic E-state index is 5.24. The van der Waals surface area contributed by atoms with Crippen LogP contribution in [0.5, 0.6) is 0 Å². The highest BCUT2D eigenvalue weighted by atomic mass is 14.9. The predicted octanol–water partition coefficient (Wildman–Crippen LogP) is 10.8. The summed E-state index contributed by atoms with van der Waals surface area (Å²) in [6, 6.07) is 53.9. The number of benzene rings is 5. The SMILES string of the molecule is C1=Cc2ccc(-c3cc(-c4ccccc4)nc(-c4ccc(-c5cccnc5)nc4)n3)cc2C2(c3ccccc31)c1ccccc1-c1ccccc12. The number of fused-ring (bicyclic) bond motifs is 9. The highest BCUT2D eigenvalue weighted by Crippen LogP contribution is 2.58. The van der Waals surface area contributed by atoms with E-state index in [2.05, 4.69) is 126 Å². The van der Waals surface area contributed by atoms with Crippen LogP contribution < -0.4 is 0 Å². The molecule has 238 valence electrons. The number of rotatable bonds is 4. The van der Waals surface area contributed by atoms with Gasteiger partial charge in [-0.1, -0.05) is 127 Å². The van der Waals surface area contributed by atoms with Gasteiger partial charge in [-0.2, -0.15) is 0 Å². The van der Waals surface area contributed by atoms with Crippen LogP contribution in [0.3, 0.4) is 0 Å². The van der Waals surface area contributed by atoms with Crippen LogP contribution in [-0.4, -0.2) is 19.9 Å². The van der Waals surface area contributed by atoms with E-state index in [1.165, 1.54) is 44.5 Å². The number of hydrogen-bond donors (Lipinski definition) is 0. The Kier molecular flexibility index (Phi) is 6.68. The highest BCUT2D eigenvalue weighted by molar-refractivity contribution is 5.92. The average Bonchev–Trinajstić information content (AvgIpc) is 3.42. The molecule has 1 spiro atoms. The zero-order valence-corrected chi connectivity index (χ0v) is 27.6. The molecule has 2 aliphatic carbocycles. The summed E-state index contributed by atoms with van der Waals surface area (Å²) in [5.74, 6) is 0.628. The summed E-state index contributed by atoms with van der Waals surface area (Å²) in [7, 11) is 0. The summed E-state index contributed by atoms with van der Waals surface area (Å²) < 4.78 is 0. The molecule has 8 aromatic rings. The molecule has 0 fully saturated rings. The van der Waals surface area contributed by atoms with Gasteiger partial charge in [-0.05, 0) is 80.9 Å². The van der Waals surface area contributed by atoms with Gasteiger partial charge in [-0.25, -0.2) is 9.97 Å². The molecule has 3 heterocycles. The van der Waals surface area contributed by atoms with Crippen LogP contribution in [-0.2, 0) is 5.41 Å². The molecule has 3 aromatic heterocycles. The van der Waals surface area contributed by atoms with Gasteiger partial charge in [-0.15, -0.1) is 0 Å². The molecule has 0 amide bonds. The Morgan fingerprint density at radius 2 is 1.02 bits per heavy atom. The predicted molar refractivity (Wildman–Crippen MR) is 206 cm³/mol. The Morgan fingerprint density at radius 1 is 0.392 bits per heavy atom. The van der Waals surface area contributed by atoms with Crippen molar-refractivity contribution in [3.8, 4) is 56.3 Å². The Labute approximate surface area is 296 Å². The second-order valence-electron chi connectivity index (χ2n) is 13.1. The first kappa shape index (κ1) is 29.2. The summed E-state index contributed by atoms with van der Waals surface area (Å²) in [4.78, 5) is 19.4. The van der Waals surface area contributed by atoms with Gasteiger partial charge in [0.1, 0.15) is 0 Å². The van der Waals surface area contributed by atoms with Crippen molar-refractivity contribution < 1.29 is 0 Å². The lowest BCUT2D eigenvalue weighted by atomic mass is 9.66. The Hall–Kier alpha value is -6.78. The van der Waals surface area contributed by atoms with Gasteiger partial charge < -0.3 is 0 Å². The highest BCUT2D eigenvalue weighted by Gasteiger charge is 2.48. The fraction of sp³-hybridized carbons (Fsp3) is 0.0213. The van der Waals surface area contributed by atoms with Crippen LogP contribution in [0.2, 0.25) is 0 Å². The lowest BCUT2D eigenvalue weighted by Crippen LogP contribution is -2.30. The minimum Gasteiger partial charge on any atom is -0.264 e. The van der Waals surface area contributed by atoms with Crippen LogP contribution in [0.25, 0.3) is 68.4 Å². The number of aromatic nitrogens is 4. The molecule has 5 aromatic carbocycles. The molecule has 0 saturated carbocycles. The average molecular weight is 651 g/mol. The van der Waals surface area contributed by atoms with Crippen molar-refractivity contribution in [2.75, 3.05) is 0 Å². The minimum atomic E-state index is -0.511. The van der Waals surface area contributed by atoms with E-state index in [9.17, 15) is 0 Å². The summed E-state index contributed by atoms with van der Waals surface area (Å²) >= 11 is 0. The molecule has 4 nitrogen and oxygen atoms in total. The molecule has 0 aliphatic heterocycles. The van der Waals surface area contributed by atoms with E-state index in [-0.39, 0.29) is 0 Å². The number of pyridine rings is 2. The lowest BCUT2D eigenvalue weighted by Gasteiger charge is -2.35. The van der Waals surface area contributed by atoms with E-state index in [0.717, 1.165) is 39.3 Å². The minimum absolute atomic E-state index is 0.511. The molecular weight excluding hydrogens is 621 g/mol. The van der Waals surface area contributed by atoms with Gasteiger partial charge in [0.15, 0.2) is 5.82 Å². The van der Waals surface area contributed by atoms with E-state index >= 15 is 0 Å². The van der Waals surface area contributed by atoms with Crippen LogP contribution in [0.4, 0.5) is 0 Å². The zero-order chi connectivity index (χ0) is 33.8. The van der Waals surface area contributed by atoms with Crippen molar-refractivity contribution in [1.29, 1.82) is 0 Å². The van der Waals surface area contributed by atoms with Crippen molar-refractivity contribution in [3.05, 3.63) is 204 Å². The zero-order valence-electron chi connectivity index (χ0n) is 27.6. The van der Waals surface area contributed by atoms with Crippen LogP contribution in [0, 0.1) is 0 Å². The maximum Gasteiger partial charge on any atom is 0.161 e. The van der Waals surface area contributed by atoms with Gasteiger partial charge in [0, 0.05) is 40.8 Å². The molecule has 10 rings (SSSR count). The van der Waals surface area contributed by atoms with E-state index < -0.39 is 5.41 Å². The van der Waals surface area contributed by atoms with E-state index in [1.54, 1.807) is 6.20 Å². The summed E-state index contributed by atoms with van der Waals surface area (Å²) in [5, 5.41) is 0. The molecule has 0 saturated heterocycles. The van der Waals surface area contributed by atoms with E-state index in [4.69, 9.17) is 15.0 Å². The molecule has 4 heteroatoms. The fourth-order valence-electron chi connectivity index (χ4n) is 8.00. The van der Waals surface area contributed by atoms with Crippen molar-refractivity contribution in [1.82, 2.24) is 19.9 Å². The lowest BCUT2D eigenvalue weighted by molar-refractivity contribution is 0.766. The van der Waals surface area contributed by atoms with Gasteiger partial charge in [0.05, 0.1) is 22.5 Å². The normalized spacial score (nSPS) is 13.2. The fourth-order valence-corrected chi connectivity index (χ4v) is 8.00. The molecule has 0 radical (unpaired) electrons. The molecule has 0 unspecified atom stereocenters. The van der Waals surface area contributed by atoms with Crippen molar-refractivity contribution >= 4 is 12.2 Å². The monoisotopic (exact) mass is 650 g/mol. The quantitative estimate of drug-likeness (QED) is 0.190. The van der Waals surface area contributed by atoms with Gasteiger partial charge in [0.25, 0.3) is 0 Å². The number of hydrogen-bond acceptors (Lipinski definition) is 4. The van der Waals surface area contributed by atoms with Gasteiger partial charge >= 0.3 is 0 Å². The molecule has 0 atom stereocenters. The third-order valence-corrected chi connectivity index (χ3v) is 10.3.